The van der Waals surface area contributed by atoms with Crippen molar-refractivity contribution < 1.29 is 8.85 Å². The molecule has 0 bridgehead atoms. The molecule has 0 amide bonds. The monoisotopic (exact) mass is 376 g/mol. The highest BCUT2D eigenvalue weighted by atomic mass is 28.4. The van der Waals surface area contributed by atoms with E-state index in [0.29, 0.717) is 16.6 Å². The highest BCUT2D eigenvalue weighted by molar-refractivity contribution is 6.78. The largest absolute Gasteiger partial charge is 0.414 e. The van der Waals surface area contributed by atoms with Gasteiger partial charge in [0.05, 0.1) is 12.2 Å². The quantitative estimate of drug-likeness (QED) is 0.407. The maximum Gasteiger partial charge on any atom is 0.207 e. The minimum atomic E-state index is -2.10. The third-order valence-corrected chi connectivity index (χ3v) is 12.4. The zero-order valence-corrected chi connectivity index (χ0v) is 19.1. The van der Waals surface area contributed by atoms with Crippen LogP contribution in [0.2, 0.25) is 36.3 Å². The van der Waals surface area contributed by atoms with Crippen molar-refractivity contribution in [3.05, 3.63) is 48.6 Å². The van der Waals surface area contributed by atoms with Gasteiger partial charge in [0.1, 0.15) is 0 Å². The summed E-state index contributed by atoms with van der Waals surface area (Å²) in [5.41, 5.74) is 2.68. The van der Waals surface area contributed by atoms with Crippen molar-refractivity contribution in [1.82, 2.24) is 0 Å². The number of hydrogen-bond acceptors (Lipinski definition) is 2. The Morgan fingerprint density at radius 1 is 1.12 bits per heavy atom. The molecule has 140 valence electrons. The summed E-state index contributed by atoms with van der Waals surface area (Å²) in [6, 6.07) is 10.7. The third kappa shape index (κ3) is 4.36. The summed E-state index contributed by atoms with van der Waals surface area (Å²) in [4.78, 5) is 0. The standard InChI is InChI=1S/C21H36O2Si2/c1-9-21-20(22-24(6,7)8)15-19(18-13-11-10-12-14-18)23-25(21,16(2)3)17(4)5/h9-14,16-17,19-21H,1,15H2,2-8H3/t19-,20+,21+/m0/s1. The Balaban J connectivity index is 2.50. The first-order chi connectivity index (χ1) is 11.6. The van der Waals surface area contributed by atoms with Crippen LogP contribution < -0.4 is 0 Å². The fourth-order valence-electron chi connectivity index (χ4n) is 4.51. The molecule has 1 fully saturated rings. The van der Waals surface area contributed by atoms with Crippen LogP contribution in [0, 0.1) is 0 Å². The first-order valence-electron chi connectivity index (χ1n) is 9.65. The second-order valence-corrected chi connectivity index (χ2v) is 18.3. The Bertz CT molecular complexity index is 555. The average molecular weight is 377 g/mol. The van der Waals surface area contributed by atoms with E-state index in [-0.39, 0.29) is 12.2 Å². The summed E-state index contributed by atoms with van der Waals surface area (Å²) in [7, 11) is -3.74. The number of rotatable bonds is 6. The lowest BCUT2D eigenvalue weighted by atomic mass is 10.0. The molecule has 1 saturated heterocycles. The van der Waals surface area contributed by atoms with Crippen molar-refractivity contribution in [3.63, 3.8) is 0 Å². The van der Waals surface area contributed by atoms with Gasteiger partial charge in [0, 0.05) is 12.0 Å². The lowest BCUT2D eigenvalue weighted by Gasteiger charge is -2.53. The van der Waals surface area contributed by atoms with Gasteiger partial charge in [-0.3, -0.25) is 0 Å². The maximum absolute atomic E-state index is 7.03. The van der Waals surface area contributed by atoms with Crippen molar-refractivity contribution in [2.45, 2.75) is 82.6 Å². The van der Waals surface area contributed by atoms with E-state index in [2.05, 4.69) is 90.3 Å². The minimum Gasteiger partial charge on any atom is -0.414 e. The highest BCUT2D eigenvalue weighted by Gasteiger charge is 2.56. The van der Waals surface area contributed by atoms with Crippen molar-refractivity contribution in [2.75, 3.05) is 0 Å². The van der Waals surface area contributed by atoms with E-state index < -0.39 is 16.6 Å². The van der Waals surface area contributed by atoms with Gasteiger partial charge in [-0.25, -0.2) is 0 Å². The zero-order chi connectivity index (χ0) is 18.8. The fraction of sp³-hybridized carbons (Fsp3) is 0.619. The van der Waals surface area contributed by atoms with Crippen LogP contribution in [0.4, 0.5) is 0 Å². The molecule has 1 heterocycles. The molecule has 25 heavy (non-hydrogen) atoms. The Kier molecular flexibility index (Phi) is 6.52. The van der Waals surface area contributed by atoms with Gasteiger partial charge in [0.2, 0.25) is 8.32 Å². The second kappa shape index (κ2) is 7.91. The van der Waals surface area contributed by atoms with Crippen LogP contribution in [0.5, 0.6) is 0 Å². The summed E-state index contributed by atoms with van der Waals surface area (Å²) in [6.45, 7) is 20.4. The van der Waals surface area contributed by atoms with E-state index in [1.807, 2.05) is 0 Å². The van der Waals surface area contributed by atoms with Gasteiger partial charge in [-0.2, -0.15) is 0 Å². The van der Waals surface area contributed by atoms with Crippen LogP contribution in [0.3, 0.4) is 0 Å². The fourth-order valence-corrected chi connectivity index (χ4v) is 11.3. The third-order valence-electron chi connectivity index (χ3n) is 5.45. The van der Waals surface area contributed by atoms with Gasteiger partial charge in [0.25, 0.3) is 0 Å². The molecular formula is C21H36O2Si2. The molecule has 3 atom stereocenters. The van der Waals surface area contributed by atoms with Gasteiger partial charge in [-0.15, -0.1) is 6.58 Å². The molecule has 1 aliphatic heterocycles. The molecule has 0 spiro atoms. The molecule has 0 N–H and O–H groups in total. The Morgan fingerprint density at radius 3 is 2.12 bits per heavy atom. The Hall–Kier alpha value is -0.686. The molecule has 1 aliphatic rings. The van der Waals surface area contributed by atoms with Crippen LogP contribution in [0.1, 0.15) is 45.8 Å². The van der Waals surface area contributed by atoms with Gasteiger partial charge >= 0.3 is 0 Å². The molecule has 0 aromatic heterocycles. The summed E-state index contributed by atoms with van der Waals surface area (Å²) in [6.07, 6.45) is 3.44. The second-order valence-electron chi connectivity index (χ2n) is 8.95. The van der Waals surface area contributed by atoms with Crippen molar-refractivity contribution >= 4 is 16.6 Å². The number of hydrogen-bond donors (Lipinski definition) is 0. The predicted molar refractivity (Wildman–Crippen MR) is 113 cm³/mol. The van der Waals surface area contributed by atoms with Gasteiger partial charge in [0.15, 0.2) is 8.32 Å². The van der Waals surface area contributed by atoms with Crippen LogP contribution in [0.25, 0.3) is 0 Å². The van der Waals surface area contributed by atoms with Crippen molar-refractivity contribution in [1.29, 1.82) is 0 Å². The summed E-state index contributed by atoms with van der Waals surface area (Å²) < 4.78 is 13.7. The minimum absolute atomic E-state index is 0.134. The molecule has 0 radical (unpaired) electrons. The number of benzene rings is 1. The summed E-state index contributed by atoms with van der Waals surface area (Å²) in [5.74, 6) is 0. The molecular weight excluding hydrogens is 340 g/mol. The lowest BCUT2D eigenvalue weighted by Crippen LogP contribution is -2.58. The van der Waals surface area contributed by atoms with Crippen LogP contribution in [-0.4, -0.2) is 22.7 Å². The van der Waals surface area contributed by atoms with E-state index in [0.717, 1.165) is 6.42 Å². The molecule has 1 aromatic carbocycles. The van der Waals surface area contributed by atoms with E-state index in [9.17, 15) is 0 Å². The van der Waals surface area contributed by atoms with E-state index >= 15 is 0 Å². The molecule has 4 heteroatoms. The van der Waals surface area contributed by atoms with E-state index in [1.54, 1.807) is 0 Å². The highest BCUT2D eigenvalue weighted by Crippen LogP contribution is 2.53. The first kappa shape index (κ1) is 20.6. The van der Waals surface area contributed by atoms with Gasteiger partial charge < -0.3 is 8.85 Å². The van der Waals surface area contributed by atoms with Gasteiger partial charge in [-0.05, 0) is 36.3 Å². The molecule has 1 aromatic rings. The topological polar surface area (TPSA) is 18.5 Å². The molecule has 0 saturated carbocycles. The van der Waals surface area contributed by atoms with Crippen LogP contribution in [-0.2, 0) is 8.85 Å². The average Bonchev–Trinajstić information content (AvgIpc) is 2.52. The Labute approximate surface area is 156 Å². The summed E-state index contributed by atoms with van der Waals surface area (Å²) in [5, 5.41) is 0. The van der Waals surface area contributed by atoms with E-state index in [1.165, 1.54) is 5.56 Å². The van der Waals surface area contributed by atoms with Crippen LogP contribution >= 0.6 is 0 Å². The van der Waals surface area contributed by atoms with Crippen LogP contribution in [0.15, 0.2) is 43.0 Å². The Morgan fingerprint density at radius 2 is 1.68 bits per heavy atom. The molecule has 2 nitrogen and oxygen atoms in total. The van der Waals surface area contributed by atoms with Gasteiger partial charge in [-0.1, -0.05) is 64.1 Å². The molecule has 2 rings (SSSR count). The summed E-state index contributed by atoms with van der Waals surface area (Å²) >= 11 is 0. The maximum atomic E-state index is 7.03. The molecule has 0 unspecified atom stereocenters. The molecule has 0 aliphatic carbocycles. The zero-order valence-electron chi connectivity index (χ0n) is 17.1. The smallest absolute Gasteiger partial charge is 0.207 e. The SMILES string of the molecule is C=C[C@@H]1[C@H](O[Si](C)(C)C)C[C@@H](c2ccccc2)O[Si]1(C(C)C)C(C)C. The van der Waals surface area contributed by atoms with Crippen molar-refractivity contribution in [2.24, 2.45) is 0 Å². The van der Waals surface area contributed by atoms with E-state index in [4.69, 9.17) is 8.85 Å². The predicted octanol–water partition coefficient (Wildman–Crippen LogP) is 6.69. The van der Waals surface area contributed by atoms with Crippen molar-refractivity contribution in [3.8, 4) is 0 Å². The lowest BCUT2D eigenvalue weighted by molar-refractivity contribution is 0.0556. The normalized spacial score (nSPS) is 26.8. The first-order valence-corrected chi connectivity index (χ1v) is 15.2.